The molecule has 4 nitrogen and oxygen atoms in total. The number of para-hydroxylation sites is 1. The molecule has 0 fully saturated rings. The molecule has 2 heterocycles. The molecular weight excluding hydrogens is 326 g/mol. The lowest BCUT2D eigenvalue weighted by atomic mass is 10.3. The Morgan fingerprint density at radius 1 is 1.11 bits per heavy atom. The molecular formula is C13H8BrN3OS. The molecule has 94 valence electrons. The van der Waals surface area contributed by atoms with Gasteiger partial charge < -0.3 is 0 Å². The van der Waals surface area contributed by atoms with E-state index >= 15 is 0 Å². The third-order valence-electron chi connectivity index (χ3n) is 2.46. The van der Waals surface area contributed by atoms with Gasteiger partial charge in [0.1, 0.15) is 10.3 Å². The van der Waals surface area contributed by atoms with Crippen LogP contribution >= 0.6 is 27.3 Å². The average molecular weight is 334 g/mol. The molecule has 0 atom stereocenters. The molecule has 0 bridgehead atoms. The minimum Gasteiger partial charge on any atom is -0.296 e. The number of carbonyl (C=O) groups excluding carboxylic acids is 1. The Hall–Kier alpha value is -1.79. The highest BCUT2D eigenvalue weighted by Crippen LogP contribution is 2.25. The first kappa shape index (κ1) is 12.3. The molecule has 3 aromatic rings. The molecule has 0 saturated heterocycles. The van der Waals surface area contributed by atoms with Crippen LogP contribution in [0.15, 0.2) is 47.1 Å². The van der Waals surface area contributed by atoms with E-state index in [2.05, 4.69) is 31.2 Å². The summed E-state index contributed by atoms with van der Waals surface area (Å²) < 4.78 is 1.67. The van der Waals surface area contributed by atoms with Crippen LogP contribution in [0.2, 0.25) is 0 Å². The fourth-order valence-electron chi connectivity index (χ4n) is 1.62. The van der Waals surface area contributed by atoms with Crippen molar-refractivity contribution < 1.29 is 4.79 Å². The predicted molar refractivity (Wildman–Crippen MR) is 79.5 cm³/mol. The number of carbonyl (C=O) groups is 1. The van der Waals surface area contributed by atoms with Crippen LogP contribution in [0, 0.1) is 0 Å². The number of hydrogen-bond donors (Lipinski definition) is 1. The summed E-state index contributed by atoms with van der Waals surface area (Å²) in [6, 6.07) is 13.0. The van der Waals surface area contributed by atoms with Crippen LogP contribution in [0.3, 0.4) is 0 Å². The Kier molecular flexibility index (Phi) is 3.27. The molecule has 3 rings (SSSR count). The first-order chi connectivity index (χ1) is 9.22. The van der Waals surface area contributed by atoms with Crippen LogP contribution < -0.4 is 5.32 Å². The van der Waals surface area contributed by atoms with Gasteiger partial charge in [-0.05, 0) is 40.2 Å². The number of anilines is 1. The fourth-order valence-corrected chi connectivity index (χ4v) is 2.83. The van der Waals surface area contributed by atoms with Gasteiger partial charge in [-0.2, -0.15) is 0 Å². The Balaban J connectivity index is 1.86. The standard InChI is InChI=1S/C13H8BrN3OS/c14-11-7-3-5-9(15-11)12(18)17-13-16-8-4-1-2-6-10(8)19-13/h1-7H,(H,16,17,18). The minimum absolute atomic E-state index is 0.264. The van der Waals surface area contributed by atoms with E-state index in [4.69, 9.17) is 0 Å². The van der Waals surface area contributed by atoms with E-state index < -0.39 is 0 Å². The quantitative estimate of drug-likeness (QED) is 0.727. The van der Waals surface area contributed by atoms with Crippen LogP contribution in [0.1, 0.15) is 10.5 Å². The van der Waals surface area contributed by atoms with Crippen LogP contribution in [-0.2, 0) is 0 Å². The first-order valence-electron chi connectivity index (χ1n) is 5.52. The van der Waals surface area contributed by atoms with E-state index in [1.165, 1.54) is 11.3 Å². The highest BCUT2D eigenvalue weighted by Gasteiger charge is 2.10. The second kappa shape index (κ2) is 5.07. The number of fused-ring (bicyclic) bond motifs is 1. The summed E-state index contributed by atoms with van der Waals surface area (Å²) in [7, 11) is 0. The summed E-state index contributed by atoms with van der Waals surface area (Å²) in [5.74, 6) is -0.264. The lowest BCUT2D eigenvalue weighted by molar-refractivity contribution is 0.102. The SMILES string of the molecule is O=C(Nc1nc2ccccc2s1)c1cccc(Br)n1. The molecule has 1 aromatic carbocycles. The van der Waals surface area contributed by atoms with Crippen molar-refractivity contribution in [2.24, 2.45) is 0 Å². The van der Waals surface area contributed by atoms with E-state index in [9.17, 15) is 4.79 Å². The first-order valence-corrected chi connectivity index (χ1v) is 7.13. The molecule has 1 amide bonds. The largest absolute Gasteiger partial charge is 0.296 e. The molecule has 19 heavy (non-hydrogen) atoms. The van der Waals surface area contributed by atoms with Gasteiger partial charge in [0.05, 0.1) is 10.2 Å². The van der Waals surface area contributed by atoms with Crippen molar-refractivity contribution in [3.63, 3.8) is 0 Å². The van der Waals surface area contributed by atoms with Crippen molar-refractivity contribution in [2.75, 3.05) is 5.32 Å². The zero-order valence-electron chi connectivity index (χ0n) is 9.63. The molecule has 0 radical (unpaired) electrons. The van der Waals surface area contributed by atoms with Gasteiger partial charge in [-0.25, -0.2) is 9.97 Å². The predicted octanol–water partition coefficient (Wildman–Crippen LogP) is 3.71. The third-order valence-corrected chi connectivity index (χ3v) is 3.86. The van der Waals surface area contributed by atoms with Crippen molar-refractivity contribution in [1.29, 1.82) is 0 Å². The van der Waals surface area contributed by atoms with Gasteiger partial charge in [0.25, 0.3) is 5.91 Å². The number of pyridine rings is 1. The summed E-state index contributed by atoms with van der Waals surface area (Å²) in [6.07, 6.45) is 0. The lowest BCUT2D eigenvalue weighted by Gasteiger charge is -2.00. The monoisotopic (exact) mass is 333 g/mol. The number of benzene rings is 1. The number of halogens is 1. The number of thiazole rings is 1. The van der Waals surface area contributed by atoms with Gasteiger partial charge >= 0.3 is 0 Å². The second-order valence-corrected chi connectivity index (χ2v) is 5.63. The average Bonchev–Trinajstić information content (AvgIpc) is 2.80. The highest BCUT2D eigenvalue weighted by molar-refractivity contribution is 9.10. The van der Waals surface area contributed by atoms with Crippen LogP contribution in [0.25, 0.3) is 10.2 Å². The summed E-state index contributed by atoms with van der Waals surface area (Å²) in [5.41, 5.74) is 1.23. The molecule has 6 heteroatoms. The number of hydrogen-bond acceptors (Lipinski definition) is 4. The number of rotatable bonds is 2. The number of nitrogens with one attached hydrogen (secondary N) is 1. The van der Waals surface area contributed by atoms with Crippen molar-refractivity contribution in [3.8, 4) is 0 Å². The Morgan fingerprint density at radius 3 is 2.74 bits per heavy atom. The Morgan fingerprint density at radius 2 is 1.95 bits per heavy atom. The Labute approximate surface area is 121 Å². The maximum Gasteiger partial charge on any atom is 0.276 e. The molecule has 0 aliphatic heterocycles. The molecule has 0 unspecified atom stereocenters. The van der Waals surface area contributed by atoms with Crippen molar-refractivity contribution >= 4 is 48.5 Å². The molecule has 0 spiro atoms. The van der Waals surface area contributed by atoms with Gasteiger partial charge in [-0.15, -0.1) is 0 Å². The number of aromatic nitrogens is 2. The normalized spacial score (nSPS) is 10.6. The summed E-state index contributed by atoms with van der Waals surface area (Å²) in [6.45, 7) is 0. The van der Waals surface area contributed by atoms with Crippen LogP contribution in [-0.4, -0.2) is 15.9 Å². The van der Waals surface area contributed by atoms with Crippen molar-refractivity contribution in [2.45, 2.75) is 0 Å². The number of amides is 1. The van der Waals surface area contributed by atoms with E-state index in [0.29, 0.717) is 15.4 Å². The Bertz CT molecular complexity index is 723. The molecule has 1 N–H and O–H groups in total. The van der Waals surface area contributed by atoms with Crippen LogP contribution in [0.4, 0.5) is 5.13 Å². The van der Waals surface area contributed by atoms with Gasteiger partial charge in [-0.3, -0.25) is 10.1 Å². The van der Waals surface area contributed by atoms with Gasteiger partial charge in [0.2, 0.25) is 0 Å². The lowest BCUT2D eigenvalue weighted by Crippen LogP contribution is -2.13. The van der Waals surface area contributed by atoms with Gasteiger partial charge in [0, 0.05) is 0 Å². The maximum absolute atomic E-state index is 12.0. The van der Waals surface area contributed by atoms with E-state index in [-0.39, 0.29) is 5.91 Å². The highest BCUT2D eigenvalue weighted by atomic mass is 79.9. The van der Waals surface area contributed by atoms with E-state index in [1.807, 2.05) is 24.3 Å². The number of nitrogens with zero attached hydrogens (tertiary/aromatic N) is 2. The second-order valence-electron chi connectivity index (χ2n) is 3.79. The smallest absolute Gasteiger partial charge is 0.276 e. The van der Waals surface area contributed by atoms with E-state index in [1.54, 1.807) is 18.2 Å². The summed E-state index contributed by atoms with van der Waals surface area (Å²) >= 11 is 4.68. The third kappa shape index (κ3) is 2.64. The van der Waals surface area contributed by atoms with E-state index in [0.717, 1.165) is 10.2 Å². The molecule has 0 saturated carbocycles. The minimum atomic E-state index is -0.264. The topological polar surface area (TPSA) is 54.9 Å². The molecule has 2 aromatic heterocycles. The molecule has 0 aliphatic rings. The zero-order valence-corrected chi connectivity index (χ0v) is 12.0. The van der Waals surface area contributed by atoms with Crippen molar-refractivity contribution in [3.05, 3.63) is 52.8 Å². The zero-order chi connectivity index (χ0) is 13.2. The maximum atomic E-state index is 12.0. The van der Waals surface area contributed by atoms with Crippen molar-refractivity contribution in [1.82, 2.24) is 9.97 Å². The van der Waals surface area contributed by atoms with Gasteiger partial charge in [-0.1, -0.05) is 29.5 Å². The summed E-state index contributed by atoms with van der Waals surface area (Å²) in [5, 5.41) is 3.34. The molecule has 0 aliphatic carbocycles. The van der Waals surface area contributed by atoms with Crippen LogP contribution in [0.5, 0.6) is 0 Å². The summed E-state index contributed by atoms with van der Waals surface area (Å²) in [4.78, 5) is 20.5. The van der Waals surface area contributed by atoms with Gasteiger partial charge in [0.15, 0.2) is 5.13 Å². The fraction of sp³-hybridized carbons (Fsp3) is 0.